The van der Waals surface area contributed by atoms with Crippen LogP contribution in [0.1, 0.15) is 43.9 Å². The van der Waals surface area contributed by atoms with E-state index < -0.39 is 10.2 Å². The van der Waals surface area contributed by atoms with Gasteiger partial charge in [-0.3, -0.25) is 4.72 Å². The second kappa shape index (κ2) is 6.52. The van der Waals surface area contributed by atoms with Crippen molar-refractivity contribution in [3.63, 3.8) is 0 Å². The average Bonchev–Trinajstić information content (AvgIpc) is 3.34. The van der Waals surface area contributed by atoms with E-state index in [0.717, 1.165) is 37.8 Å². The third-order valence-corrected chi connectivity index (χ3v) is 5.77. The molecule has 122 valence electrons. The second-order valence-corrected chi connectivity index (χ2v) is 7.68. The number of anilines is 1. The predicted octanol–water partition coefficient (Wildman–Crippen LogP) is 2.32. The van der Waals surface area contributed by atoms with Gasteiger partial charge in [-0.2, -0.15) is 12.7 Å². The van der Waals surface area contributed by atoms with Crippen molar-refractivity contribution < 1.29 is 13.2 Å². The maximum absolute atomic E-state index is 12.4. The molecular weight excluding hydrogens is 302 g/mol. The van der Waals surface area contributed by atoms with Crippen molar-refractivity contribution in [2.24, 2.45) is 5.92 Å². The van der Waals surface area contributed by atoms with Gasteiger partial charge in [-0.05, 0) is 43.7 Å². The molecule has 7 heteroatoms. The van der Waals surface area contributed by atoms with Gasteiger partial charge in [0.2, 0.25) is 0 Å². The molecule has 6 nitrogen and oxygen atoms in total. The lowest BCUT2D eigenvalue weighted by atomic mass is 10.1. The highest BCUT2D eigenvalue weighted by Crippen LogP contribution is 2.42. The SMILES string of the molecule is COC(c1cccc(NS(=O)(=O)N2CCCCC2)n1)C1CC1. The standard InChI is InChI=1S/C15H23N3O3S/c1-21-15(12-8-9-12)13-6-5-7-14(16-13)17-22(19,20)18-10-3-2-4-11-18/h5-7,12,15H,2-4,8-11H2,1H3,(H,16,17). The third-order valence-electron chi connectivity index (χ3n) is 4.25. The van der Waals surface area contributed by atoms with Crippen molar-refractivity contribution in [2.45, 2.75) is 38.2 Å². The lowest BCUT2D eigenvalue weighted by Crippen LogP contribution is -2.39. The zero-order chi connectivity index (χ0) is 15.6. The molecule has 1 saturated heterocycles. The number of nitrogens with zero attached hydrogens (tertiary/aromatic N) is 2. The van der Waals surface area contributed by atoms with Crippen molar-refractivity contribution >= 4 is 16.0 Å². The number of nitrogens with one attached hydrogen (secondary N) is 1. The molecule has 3 rings (SSSR count). The van der Waals surface area contributed by atoms with Crippen LogP contribution in [0.2, 0.25) is 0 Å². The molecule has 0 aromatic carbocycles. The van der Waals surface area contributed by atoms with Crippen molar-refractivity contribution in [3.8, 4) is 0 Å². The summed E-state index contributed by atoms with van der Waals surface area (Å²) in [5, 5.41) is 0. The molecule has 1 unspecified atom stereocenters. The molecule has 0 radical (unpaired) electrons. The molecule has 0 bridgehead atoms. The fourth-order valence-corrected chi connectivity index (χ4v) is 4.17. The van der Waals surface area contributed by atoms with Gasteiger partial charge >= 0.3 is 10.2 Å². The molecule has 1 saturated carbocycles. The van der Waals surface area contributed by atoms with Crippen molar-refractivity contribution in [2.75, 3.05) is 24.9 Å². The summed E-state index contributed by atoms with van der Waals surface area (Å²) in [7, 11) is -1.83. The zero-order valence-corrected chi connectivity index (χ0v) is 13.7. The van der Waals surface area contributed by atoms with Crippen LogP contribution in [0.3, 0.4) is 0 Å². The molecule has 1 atom stereocenters. The fraction of sp³-hybridized carbons (Fsp3) is 0.667. The molecule has 1 aromatic rings. The van der Waals surface area contributed by atoms with Crippen LogP contribution in [0.4, 0.5) is 5.82 Å². The van der Waals surface area contributed by atoms with E-state index in [1.165, 1.54) is 4.31 Å². The first-order valence-electron chi connectivity index (χ1n) is 7.88. The van der Waals surface area contributed by atoms with Crippen molar-refractivity contribution in [1.29, 1.82) is 0 Å². The first-order chi connectivity index (χ1) is 10.6. The van der Waals surface area contributed by atoms with Gasteiger partial charge in [-0.25, -0.2) is 4.98 Å². The summed E-state index contributed by atoms with van der Waals surface area (Å²) >= 11 is 0. The average molecular weight is 325 g/mol. The van der Waals surface area contributed by atoms with Crippen LogP contribution in [-0.2, 0) is 14.9 Å². The Morgan fingerprint density at radius 3 is 2.64 bits per heavy atom. The Morgan fingerprint density at radius 2 is 2.00 bits per heavy atom. The van der Waals surface area contributed by atoms with Gasteiger partial charge in [0.1, 0.15) is 11.9 Å². The number of hydrogen-bond acceptors (Lipinski definition) is 4. The van der Waals surface area contributed by atoms with E-state index in [2.05, 4.69) is 9.71 Å². The summed E-state index contributed by atoms with van der Waals surface area (Å²) in [4.78, 5) is 4.44. The smallest absolute Gasteiger partial charge is 0.302 e. The van der Waals surface area contributed by atoms with E-state index in [9.17, 15) is 8.42 Å². The third kappa shape index (κ3) is 3.59. The predicted molar refractivity (Wildman–Crippen MR) is 84.7 cm³/mol. The Kier molecular flexibility index (Phi) is 4.65. The topological polar surface area (TPSA) is 71.5 Å². The van der Waals surface area contributed by atoms with E-state index in [0.29, 0.717) is 24.8 Å². The highest BCUT2D eigenvalue weighted by Gasteiger charge is 2.33. The largest absolute Gasteiger partial charge is 0.375 e. The maximum atomic E-state index is 12.4. The molecule has 22 heavy (non-hydrogen) atoms. The summed E-state index contributed by atoms with van der Waals surface area (Å²) in [6.07, 6.45) is 5.17. The Labute approximate surface area is 132 Å². The Morgan fingerprint density at radius 1 is 1.27 bits per heavy atom. The van der Waals surface area contributed by atoms with E-state index in [-0.39, 0.29) is 6.10 Å². The maximum Gasteiger partial charge on any atom is 0.302 e. The Bertz CT molecular complexity index is 610. The zero-order valence-electron chi connectivity index (χ0n) is 12.9. The molecule has 1 aromatic heterocycles. The van der Waals surface area contributed by atoms with Gasteiger partial charge in [0.25, 0.3) is 0 Å². The van der Waals surface area contributed by atoms with Crippen LogP contribution in [0.5, 0.6) is 0 Å². The molecule has 1 N–H and O–H groups in total. The summed E-state index contributed by atoms with van der Waals surface area (Å²) in [6.45, 7) is 1.16. The Hall–Kier alpha value is -1.18. The van der Waals surface area contributed by atoms with Crippen LogP contribution in [0.25, 0.3) is 0 Å². The number of rotatable bonds is 6. The minimum Gasteiger partial charge on any atom is -0.375 e. The monoisotopic (exact) mass is 325 g/mol. The summed E-state index contributed by atoms with van der Waals surface area (Å²) in [5.74, 6) is 0.872. The molecule has 1 aliphatic heterocycles. The van der Waals surface area contributed by atoms with Gasteiger partial charge in [-0.15, -0.1) is 0 Å². The molecule has 1 aliphatic carbocycles. The van der Waals surface area contributed by atoms with Gasteiger partial charge in [0.15, 0.2) is 0 Å². The Balaban J connectivity index is 1.74. The highest BCUT2D eigenvalue weighted by atomic mass is 32.2. The minimum absolute atomic E-state index is 0.0422. The molecule has 2 heterocycles. The lowest BCUT2D eigenvalue weighted by molar-refractivity contribution is 0.0812. The lowest BCUT2D eigenvalue weighted by Gasteiger charge is -2.26. The fourth-order valence-electron chi connectivity index (χ4n) is 2.92. The molecule has 0 amide bonds. The van der Waals surface area contributed by atoms with Crippen molar-refractivity contribution in [3.05, 3.63) is 23.9 Å². The van der Waals surface area contributed by atoms with E-state index in [1.807, 2.05) is 12.1 Å². The summed E-state index contributed by atoms with van der Waals surface area (Å²) in [5.41, 5.74) is 0.795. The number of piperidine rings is 1. The molecule has 2 fully saturated rings. The van der Waals surface area contributed by atoms with Crippen molar-refractivity contribution in [1.82, 2.24) is 9.29 Å². The summed E-state index contributed by atoms with van der Waals surface area (Å²) in [6, 6.07) is 5.40. The van der Waals surface area contributed by atoms with Crippen LogP contribution < -0.4 is 4.72 Å². The van der Waals surface area contributed by atoms with E-state index in [4.69, 9.17) is 4.74 Å². The van der Waals surface area contributed by atoms with Gasteiger partial charge in [-0.1, -0.05) is 12.5 Å². The highest BCUT2D eigenvalue weighted by molar-refractivity contribution is 7.90. The first kappa shape index (κ1) is 15.7. The van der Waals surface area contributed by atoms with Gasteiger partial charge in [0, 0.05) is 20.2 Å². The summed E-state index contributed by atoms with van der Waals surface area (Å²) < 4.78 is 34.4. The molecule has 0 spiro atoms. The number of ether oxygens (including phenoxy) is 1. The number of hydrogen-bond donors (Lipinski definition) is 1. The van der Waals surface area contributed by atoms with E-state index in [1.54, 1.807) is 13.2 Å². The van der Waals surface area contributed by atoms with Gasteiger partial charge in [0.05, 0.1) is 5.69 Å². The molecule has 2 aliphatic rings. The quantitative estimate of drug-likeness (QED) is 0.871. The normalized spacial score (nSPS) is 21.5. The van der Waals surface area contributed by atoms with Crippen LogP contribution in [0, 0.1) is 5.92 Å². The van der Waals surface area contributed by atoms with Crippen LogP contribution in [0.15, 0.2) is 18.2 Å². The van der Waals surface area contributed by atoms with Crippen LogP contribution >= 0.6 is 0 Å². The number of aromatic nitrogens is 1. The van der Waals surface area contributed by atoms with Gasteiger partial charge < -0.3 is 4.74 Å². The number of methoxy groups -OCH3 is 1. The van der Waals surface area contributed by atoms with E-state index >= 15 is 0 Å². The molecular formula is C15H23N3O3S. The van der Waals surface area contributed by atoms with Crippen LogP contribution in [-0.4, -0.2) is 37.9 Å². The second-order valence-electron chi connectivity index (χ2n) is 6.01. The minimum atomic E-state index is -3.51. The first-order valence-corrected chi connectivity index (χ1v) is 9.32. The number of pyridine rings is 1.